The lowest BCUT2D eigenvalue weighted by Gasteiger charge is -2.29. The molecule has 0 saturated carbocycles. The third-order valence-corrected chi connectivity index (χ3v) is 17.4. The third kappa shape index (κ3) is 16.4. The smallest absolute Gasteiger partial charge is 0.159 e. The van der Waals surface area contributed by atoms with Gasteiger partial charge in [0.2, 0.25) is 0 Å². The van der Waals surface area contributed by atoms with Crippen LogP contribution in [0.15, 0.2) is 36.7 Å². The molecule has 0 fully saturated rings. The van der Waals surface area contributed by atoms with E-state index in [1.54, 1.807) is 5.67 Å². The van der Waals surface area contributed by atoms with E-state index in [-0.39, 0.29) is 0 Å². The SMILES string of the molecule is CCCCCCCCCCc1cnc(-c2ccc(OCCCCCCCC[Si](C)(C)C[Si](C)(C)C)cc2)nc1. The zero-order valence-corrected chi connectivity index (χ0v) is 28.5. The van der Waals surface area contributed by atoms with Crippen LogP contribution in [0.25, 0.3) is 11.4 Å². The van der Waals surface area contributed by atoms with Crippen LogP contribution in [-0.4, -0.2) is 32.7 Å². The molecule has 0 N–H and O–H groups in total. The van der Waals surface area contributed by atoms with E-state index in [0.717, 1.165) is 36.6 Å². The molecule has 1 aromatic heterocycles. The van der Waals surface area contributed by atoms with Crippen molar-refractivity contribution in [3.8, 4) is 17.1 Å². The van der Waals surface area contributed by atoms with Gasteiger partial charge in [-0.25, -0.2) is 9.97 Å². The molecule has 0 aliphatic heterocycles. The zero-order chi connectivity index (χ0) is 28.4. The first-order valence-corrected chi connectivity index (χ1v) is 23.3. The number of hydrogen-bond donors (Lipinski definition) is 0. The van der Waals surface area contributed by atoms with E-state index in [0.29, 0.717) is 0 Å². The summed E-state index contributed by atoms with van der Waals surface area (Å²) < 4.78 is 5.99. The van der Waals surface area contributed by atoms with E-state index in [1.165, 1.54) is 95.1 Å². The van der Waals surface area contributed by atoms with Crippen LogP contribution in [0.4, 0.5) is 0 Å². The molecule has 3 nitrogen and oxygen atoms in total. The standard InChI is InChI=1S/C34H60N2OSi2/c1-7-8-9-10-11-12-15-18-21-31-28-35-34(36-29-31)32-22-24-33(25-23-32)37-26-19-16-13-14-17-20-27-39(5,6)30-38(2,3)4/h22-25,28-29H,7-21,26-27,30H2,1-6H3. The Morgan fingerprint density at radius 2 is 1.18 bits per heavy atom. The van der Waals surface area contributed by atoms with Crippen LogP contribution in [0.3, 0.4) is 0 Å². The van der Waals surface area contributed by atoms with Crippen molar-refractivity contribution in [1.29, 1.82) is 0 Å². The van der Waals surface area contributed by atoms with Crippen LogP contribution in [0, 0.1) is 0 Å². The maximum atomic E-state index is 5.99. The van der Waals surface area contributed by atoms with E-state index in [1.807, 2.05) is 12.4 Å². The van der Waals surface area contributed by atoms with Crippen molar-refractivity contribution in [3.05, 3.63) is 42.2 Å². The number of hydrogen-bond acceptors (Lipinski definition) is 3. The molecule has 1 heterocycles. The quantitative estimate of drug-likeness (QED) is 0.105. The average molecular weight is 569 g/mol. The second kappa shape index (κ2) is 18.8. The number of unbranched alkanes of at least 4 members (excludes halogenated alkanes) is 12. The van der Waals surface area contributed by atoms with Crippen molar-refractivity contribution in [2.24, 2.45) is 0 Å². The summed E-state index contributed by atoms with van der Waals surface area (Å²) in [6.45, 7) is 15.9. The van der Waals surface area contributed by atoms with Gasteiger partial charge in [-0.15, -0.1) is 0 Å². The summed E-state index contributed by atoms with van der Waals surface area (Å²) in [4.78, 5) is 9.25. The Balaban J connectivity index is 1.55. The Kier molecular flexibility index (Phi) is 16.3. The first kappa shape index (κ1) is 33.7. The fraction of sp³-hybridized carbons (Fsp3) is 0.706. The van der Waals surface area contributed by atoms with Crippen molar-refractivity contribution in [2.75, 3.05) is 6.61 Å². The normalized spacial score (nSPS) is 12.2. The Morgan fingerprint density at radius 1 is 0.641 bits per heavy atom. The molecule has 220 valence electrons. The van der Waals surface area contributed by atoms with Crippen molar-refractivity contribution < 1.29 is 4.74 Å². The van der Waals surface area contributed by atoms with Gasteiger partial charge >= 0.3 is 0 Å². The number of rotatable bonds is 22. The molecule has 2 aromatic rings. The minimum atomic E-state index is -0.964. The minimum Gasteiger partial charge on any atom is -0.494 e. The number of benzene rings is 1. The largest absolute Gasteiger partial charge is 0.494 e. The van der Waals surface area contributed by atoms with Crippen molar-refractivity contribution in [2.45, 2.75) is 148 Å². The molecule has 0 bridgehead atoms. The highest BCUT2D eigenvalue weighted by Gasteiger charge is 2.27. The second-order valence-corrected chi connectivity index (χ2v) is 25.1. The topological polar surface area (TPSA) is 35.0 Å². The van der Waals surface area contributed by atoms with Gasteiger partial charge in [0.05, 0.1) is 6.61 Å². The fourth-order valence-corrected chi connectivity index (χ4v) is 19.3. The van der Waals surface area contributed by atoms with Crippen LogP contribution in [0.2, 0.25) is 44.4 Å². The predicted octanol–water partition coefficient (Wildman–Crippen LogP) is 11.1. The Morgan fingerprint density at radius 3 is 1.77 bits per heavy atom. The number of aryl methyl sites for hydroxylation is 1. The van der Waals surface area contributed by atoms with Crippen LogP contribution in [0.5, 0.6) is 5.75 Å². The van der Waals surface area contributed by atoms with Gasteiger partial charge < -0.3 is 4.74 Å². The maximum absolute atomic E-state index is 5.99. The first-order chi connectivity index (χ1) is 18.7. The molecule has 5 heteroatoms. The third-order valence-electron chi connectivity index (χ3n) is 7.66. The van der Waals surface area contributed by atoms with Gasteiger partial charge in [0.25, 0.3) is 0 Å². The average Bonchev–Trinajstić information content (AvgIpc) is 2.88. The first-order valence-electron chi connectivity index (χ1n) is 16.2. The summed E-state index contributed by atoms with van der Waals surface area (Å²) in [6.07, 6.45) is 23.9. The molecular formula is C34H60N2OSi2. The van der Waals surface area contributed by atoms with E-state index < -0.39 is 16.1 Å². The Bertz CT molecular complexity index is 876. The van der Waals surface area contributed by atoms with Gasteiger partial charge in [-0.1, -0.05) is 128 Å². The molecule has 0 atom stereocenters. The lowest BCUT2D eigenvalue weighted by Crippen LogP contribution is -2.37. The molecule has 39 heavy (non-hydrogen) atoms. The summed E-state index contributed by atoms with van der Waals surface area (Å²) in [7, 11) is -1.87. The molecule has 0 amide bonds. The molecule has 0 unspecified atom stereocenters. The lowest BCUT2D eigenvalue weighted by atomic mass is 10.1. The molecule has 2 rings (SSSR count). The van der Waals surface area contributed by atoms with Gasteiger partial charge in [-0.3, -0.25) is 0 Å². The second-order valence-electron chi connectivity index (χ2n) is 13.8. The Hall–Kier alpha value is -1.47. The van der Waals surface area contributed by atoms with Crippen LogP contribution in [0.1, 0.15) is 102 Å². The Labute approximate surface area is 244 Å². The molecular weight excluding hydrogens is 509 g/mol. The number of aromatic nitrogens is 2. The van der Waals surface area contributed by atoms with Gasteiger partial charge in [-0.2, -0.15) is 0 Å². The van der Waals surface area contributed by atoms with Gasteiger partial charge in [0.1, 0.15) is 5.75 Å². The monoisotopic (exact) mass is 568 g/mol. The predicted molar refractivity (Wildman–Crippen MR) is 177 cm³/mol. The minimum absolute atomic E-state index is 0.799. The lowest BCUT2D eigenvalue weighted by molar-refractivity contribution is 0.304. The van der Waals surface area contributed by atoms with E-state index >= 15 is 0 Å². The van der Waals surface area contributed by atoms with Crippen molar-refractivity contribution >= 4 is 16.1 Å². The summed E-state index contributed by atoms with van der Waals surface area (Å²) in [6, 6.07) is 9.79. The highest BCUT2D eigenvalue weighted by molar-refractivity contribution is 6.94. The van der Waals surface area contributed by atoms with Crippen molar-refractivity contribution in [1.82, 2.24) is 9.97 Å². The maximum Gasteiger partial charge on any atom is 0.159 e. The van der Waals surface area contributed by atoms with Crippen LogP contribution >= 0.6 is 0 Å². The highest BCUT2D eigenvalue weighted by atomic mass is 28.4. The molecule has 1 aromatic carbocycles. The van der Waals surface area contributed by atoms with Gasteiger partial charge in [0, 0.05) is 34.1 Å². The highest BCUT2D eigenvalue weighted by Crippen LogP contribution is 2.26. The molecule has 0 aliphatic rings. The summed E-state index contributed by atoms with van der Waals surface area (Å²) in [5.41, 5.74) is 3.88. The van der Waals surface area contributed by atoms with Gasteiger partial charge in [0.15, 0.2) is 5.82 Å². The fourth-order valence-electron chi connectivity index (χ4n) is 5.92. The van der Waals surface area contributed by atoms with Gasteiger partial charge in [-0.05, 0) is 49.1 Å². The molecule has 0 saturated heterocycles. The molecule has 0 radical (unpaired) electrons. The number of nitrogens with zero attached hydrogens (tertiary/aromatic N) is 2. The molecule has 0 aliphatic carbocycles. The zero-order valence-electron chi connectivity index (χ0n) is 26.5. The summed E-state index contributed by atoms with van der Waals surface area (Å²) in [5, 5.41) is 0. The summed E-state index contributed by atoms with van der Waals surface area (Å²) >= 11 is 0. The van der Waals surface area contributed by atoms with E-state index in [4.69, 9.17) is 4.74 Å². The summed E-state index contributed by atoms with van der Waals surface area (Å²) in [5.74, 6) is 1.74. The van der Waals surface area contributed by atoms with Crippen LogP contribution < -0.4 is 4.74 Å². The van der Waals surface area contributed by atoms with E-state index in [2.05, 4.69) is 73.9 Å². The number of ether oxygens (including phenoxy) is 1. The van der Waals surface area contributed by atoms with E-state index in [9.17, 15) is 0 Å². The van der Waals surface area contributed by atoms with Crippen molar-refractivity contribution in [3.63, 3.8) is 0 Å². The molecule has 0 spiro atoms. The van der Waals surface area contributed by atoms with Crippen LogP contribution in [-0.2, 0) is 6.42 Å².